The fourth-order valence-corrected chi connectivity index (χ4v) is 2.66. The fraction of sp³-hybridized carbons (Fsp3) is 0.435. The van der Waals surface area contributed by atoms with Gasteiger partial charge in [0.15, 0.2) is 11.5 Å². The molecule has 0 aliphatic heterocycles. The highest BCUT2D eigenvalue weighted by Crippen LogP contribution is 2.28. The Balaban J connectivity index is 2.01. The molecule has 5 nitrogen and oxygen atoms in total. The number of benzene rings is 2. The molecule has 0 spiro atoms. The quantitative estimate of drug-likeness (QED) is 0.568. The molecule has 2 aromatic rings. The zero-order valence-electron chi connectivity index (χ0n) is 17.3. The molecule has 0 saturated carbocycles. The van der Waals surface area contributed by atoms with Crippen LogP contribution in [0.2, 0.25) is 0 Å². The van der Waals surface area contributed by atoms with Crippen molar-refractivity contribution in [3.05, 3.63) is 59.2 Å². The first-order chi connectivity index (χ1) is 13.5. The number of rotatable bonds is 11. The Bertz CT molecular complexity index is 758. The largest absolute Gasteiger partial charge is 0.493 e. The number of amides is 1. The van der Waals surface area contributed by atoms with Crippen LogP contribution in [0, 0.1) is 0 Å². The van der Waals surface area contributed by atoms with Crippen LogP contribution in [0.1, 0.15) is 55.1 Å². The van der Waals surface area contributed by atoms with Crippen molar-refractivity contribution in [2.45, 2.75) is 52.9 Å². The van der Waals surface area contributed by atoms with E-state index in [1.54, 1.807) is 25.3 Å². The molecule has 5 heteroatoms. The summed E-state index contributed by atoms with van der Waals surface area (Å²) in [6.07, 6.45) is 2.20. The third-order valence-electron chi connectivity index (χ3n) is 4.31. The first-order valence-electron chi connectivity index (χ1n) is 9.82. The number of carbonyl (C=O) groups is 1. The van der Waals surface area contributed by atoms with E-state index in [0.717, 1.165) is 24.0 Å². The summed E-state index contributed by atoms with van der Waals surface area (Å²) in [4.78, 5) is 12.6. The maximum Gasteiger partial charge on any atom is 0.251 e. The van der Waals surface area contributed by atoms with Crippen molar-refractivity contribution in [3.63, 3.8) is 0 Å². The molecule has 0 aliphatic carbocycles. The van der Waals surface area contributed by atoms with E-state index in [1.807, 2.05) is 38.1 Å². The molecule has 1 N–H and O–H groups in total. The highest BCUT2D eigenvalue weighted by atomic mass is 16.5. The van der Waals surface area contributed by atoms with E-state index < -0.39 is 0 Å². The molecule has 0 aliphatic rings. The first kappa shape index (κ1) is 21.8. The fourth-order valence-electron chi connectivity index (χ4n) is 2.66. The smallest absolute Gasteiger partial charge is 0.251 e. The normalized spacial score (nSPS) is 10.8. The lowest BCUT2D eigenvalue weighted by Gasteiger charge is -2.14. The van der Waals surface area contributed by atoms with Crippen molar-refractivity contribution in [2.24, 2.45) is 0 Å². The van der Waals surface area contributed by atoms with Crippen molar-refractivity contribution in [3.8, 4) is 11.5 Å². The second kappa shape index (κ2) is 11.3. The number of carbonyl (C=O) groups excluding carboxylic acids is 1. The predicted octanol–water partition coefficient (Wildman–Crippen LogP) is 4.73. The minimum absolute atomic E-state index is 0.155. The molecular formula is C23H31NO4. The summed E-state index contributed by atoms with van der Waals surface area (Å²) in [5, 5.41) is 2.98. The predicted molar refractivity (Wildman–Crippen MR) is 111 cm³/mol. The average Bonchev–Trinajstić information content (AvgIpc) is 2.71. The Kier molecular flexibility index (Phi) is 8.82. The maximum atomic E-state index is 12.6. The summed E-state index contributed by atoms with van der Waals surface area (Å²) >= 11 is 0. The molecule has 0 atom stereocenters. The van der Waals surface area contributed by atoms with Crippen LogP contribution in [0.25, 0.3) is 0 Å². The summed E-state index contributed by atoms with van der Waals surface area (Å²) in [6.45, 7) is 7.73. The third kappa shape index (κ3) is 6.57. The Morgan fingerprint density at radius 1 is 1.07 bits per heavy atom. The molecule has 152 valence electrons. The molecule has 28 heavy (non-hydrogen) atoms. The molecule has 1 amide bonds. The van der Waals surface area contributed by atoms with Gasteiger partial charge in [-0.25, -0.2) is 0 Å². The van der Waals surface area contributed by atoms with Crippen molar-refractivity contribution >= 4 is 5.91 Å². The monoisotopic (exact) mass is 385 g/mol. The van der Waals surface area contributed by atoms with E-state index in [2.05, 4.69) is 12.2 Å². The highest BCUT2D eigenvalue weighted by Gasteiger charge is 2.12. The van der Waals surface area contributed by atoms with Gasteiger partial charge < -0.3 is 19.5 Å². The summed E-state index contributed by atoms with van der Waals surface area (Å²) < 4.78 is 16.8. The SMILES string of the molecule is CCCCOc1ccc(C(=O)NCc2ccccc2COC(C)C)cc1OC. The minimum atomic E-state index is -0.155. The van der Waals surface area contributed by atoms with Gasteiger partial charge in [-0.1, -0.05) is 37.6 Å². The van der Waals surface area contributed by atoms with Crippen molar-refractivity contribution in [1.82, 2.24) is 5.32 Å². The van der Waals surface area contributed by atoms with Gasteiger partial charge in [0.05, 0.1) is 26.4 Å². The standard InChI is InChI=1S/C23H31NO4/c1-5-6-13-27-21-12-11-18(14-22(21)26-4)23(25)24-15-19-9-7-8-10-20(19)16-28-17(2)3/h7-12,14,17H,5-6,13,15-16H2,1-4H3,(H,24,25). The van der Waals surface area contributed by atoms with Crippen LogP contribution in [0.15, 0.2) is 42.5 Å². The van der Waals surface area contributed by atoms with Gasteiger partial charge in [0.25, 0.3) is 5.91 Å². The third-order valence-corrected chi connectivity index (χ3v) is 4.31. The van der Waals surface area contributed by atoms with E-state index >= 15 is 0 Å². The van der Waals surface area contributed by atoms with Gasteiger partial charge in [0.2, 0.25) is 0 Å². The van der Waals surface area contributed by atoms with E-state index in [-0.39, 0.29) is 12.0 Å². The number of unbranched alkanes of at least 4 members (excludes halogenated alkanes) is 1. The summed E-state index contributed by atoms with van der Waals surface area (Å²) in [5.74, 6) is 1.07. The van der Waals surface area contributed by atoms with Crippen molar-refractivity contribution < 1.29 is 19.0 Å². The van der Waals surface area contributed by atoms with Crippen LogP contribution in [0.4, 0.5) is 0 Å². The van der Waals surface area contributed by atoms with E-state index in [1.165, 1.54) is 0 Å². The number of hydrogen-bond acceptors (Lipinski definition) is 4. The summed E-state index contributed by atoms with van der Waals surface area (Å²) in [6, 6.07) is 13.2. The minimum Gasteiger partial charge on any atom is -0.493 e. The van der Waals surface area contributed by atoms with Crippen LogP contribution >= 0.6 is 0 Å². The molecule has 0 heterocycles. The van der Waals surface area contributed by atoms with Gasteiger partial charge in [0.1, 0.15) is 0 Å². The lowest BCUT2D eigenvalue weighted by molar-refractivity contribution is 0.0651. The van der Waals surface area contributed by atoms with Crippen molar-refractivity contribution in [2.75, 3.05) is 13.7 Å². The second-order valence-corrected chi connectivity index (χ2v) is 6.88. The molecule has 0 aromatic heterocycles. The van der Waals surface area contributed by atoms with Crippen molar-refractivity contribution in [1.29, 1.82) is 0 Å². The number of nitrogens with one attached hydrogen (secondary N) is 1. The summed E-state index contributed by atoms with van der Waals surface area (Å²) in [5.41, 5.74) is 2.66. The van der Waals surface area contributed by atoms with Crippen LogP contribution < -0.4 is 14.8 Å². The zero-order chi connectivity index (χ0) is 20.4. The number of ether oxygens (including phenoxy) is 3. The van der Waals surface area contributed by atoms with Crippen LogP contribution in [-0.4, -0.2) is 25.7 Å². The molecule has 2 aromatic carbocycles. The van der Waals surface area contributed by atoms with Gasteiger partial charge in [-0.15, -0.1) is 0 Å². The molecule has 2 rings (SSSR count). The average molecular weight is 386 g/mol. The van der Waals surface area contributed by atoms with E-state index in [4.69, 9.17) is 14.2 Å². The van der Waals surface area contributed by atoms with Gasteiger partial charge in [-0.2, -0.15) is 0 Å². The molecular weight excluding hydrogens is 354 g/mol. The molecule has 0 fully saturated rings. The lowest BCUT2D eigenvalue weighted by Crippen LogP contribution is -2.23. The Labute approximate surface area is 168 Å². The molecule has 0 radical (unpaired) electrons. The molecule has 0 bridgehead atoms. The highest BCUT2D eigenvalue weighted by molar-refractivity contribution is 5.94. The van der Waals surface area contributed by atoms with Gasteiger partial charge in [-0.05, 0) is 49.6 Å². The van der Waals surface area contributed by atoms with Gasteiger partial charge in [-0.3, -0.25) is 4.79 Å². The Hall–Kier alpha value is -2.53. The van der Waals surface area contributed by atoms with Crippen LogP contribution in [0.5, 0.6) is 11.5 Å². The van der Waals surface area contributed by atoms with Gasteiger partial charge in [0, 0.05) is 12.1 Å². The topological polar surface area (TPSA) is 56.8 Å². The Morgan fingerprint density at radius 3 is 2.50 bits per heavy atom. The number of methoxy groups -OCH3 is 1. The maximum absolute atomic E-state index is 12.6. The second-order valence-electron chi connectivity index (χ2n) is 6.88. The summed E-state index contributed by atoms with van der Waals surface area (Å²) in [7, 11) is 1.58. The Morgan fingerprint density at radius 2 is 1.82 bits per heavy atom. The lowest BCUT2D eigenvalue weighted by atomic mass is 10.1. The van der Waals surface area contributed by atoms with E-state index in [9.17, 15) is 4.79 Å². The number of hydrogen-bond donors (Lipinski definition) is 1. The van der Waals surface area contributed by atoms with E-state index in [0.29, 0.717) is 36.8 Å². The van der Waals surface area contributed by atoms with Gasteiger partial charge >= 0.3 is 0 Å². The molecule has 0 saturated heterocycles. The first-order valence-corrected chi connectivity index (χ1v) is 9.82. The zero-order valence-corrected chi connectivity index (χ0v) is 17.3. The van der Waals surface area contributed by atoms with Crippen LogP contribution in [0.3, 0.4) is 0 Å². The van der Waals surface area contributed by atoms with Crippen LogP contribution in [-0.2, 0) is 17.9 Å². The molecule has 0 unspecified atom stereocenters.